The Hall–Kier alpha value is -0.990. The van der Waals surface area contributed by atoms with Gasteiger partial charge in [0.05, 0.1) is 6.04 Å². The number of fused-ring (bicyclic) bond motifs is 1. The summed E-state index contributed by atoms with van der Waals surface area (Å²) in [5, 5.41) is 4.32. The molecule has 1 aliphatic heterocycles. The average Bonchev–Trinajstić information content (AvgIpc) is 2.72. The molecule has 1 unspecified atom stereocenters. The summed E-state index contributed by atoms with van der Waals surface area (Å²) in [6.07, 6.45) is 1.01. The SMILES string of the molecule is Clc1cccc(C2Cc3cc(Br)ccc3N2)c1. The van der Waals surface area contributed by atoms with Crippen molar-refractivity contribution >= 4 is 33.2 Å². The normalized spacial score (nSPS) is 17.6. The third kappa shape index (κ3) is 2.20. The highest BCUT2D eigenvalue weighted by molar-refractivity contribution is 9.10. The maximum Gasteiger partial charge on any atom is 0.0555 e. The van der Waals surface area contributed by atoms with Gasteiger partial charge in [-0.25, -0.2) is 0 Å². The Labute approximate surface area is 114 Å². The van der Waals surface area contributed by atoms with Gasteiger partial charge >= 0.3 is 0 Å². The van der Waals surface area contributed by atoms with Crippen molar-refractivity contribution in [3.8, 4) is 0 Å². The first-order valence-electron chi connectivity index (χ1n) is 5.53. The number of halogens is 2. The van der Waals surface area contributed by atoms with Crippen LogP contribution in [0.5, 0.6) is 0 Å². The Bertz CT molecular complexity index is 568. The number of hydrogen-bond acceptors (Lipinski definition) is 1. The molecule has 1 nitrogen and oxygen atoms in total. The molecule has 3 heteroatoms. The van der Waals surface area contributed by atoms with Crippen molar-refractivity contribution in [3.05, 3.63) is 63.1 Å². The van der Waals surface area contributed by atoms with E-state index >= 15 is 0 Å². The second kappa shape index (κ2) is 4.35. The summed E-state index contributed by atoms with van der Waals surface area (Å²) in [7, 11) is 0. The summed E-state index contributed by atoms with van der Waals surface area (Å²) in [4.78, 5) is 0. The van der Waals surface area contributed by atoms with Gasteiger partial charge in [0.25, 0.3) is 0 Å². The average molecular weight is 309 g/mol. The van der Waals surface area contributed by atoms with E-state index in [0.29, 0.717) is 6.04 Å². The van der Waals surface area contributed by atoms with E-state index in [4.69, 9.17) is 11.6 Å². The molecule has 0 fully saturated rings. The zero-order valence-corrected chi connectivity index (χ0v) is 11.4. The van der Waals surface area contributed by atoms with Gasteiger partial charge in [0.2, 0.25) is 0 Å². The van der Waals surface area contributed by atoms with Gasteiger partial charge < -0.3 is 5.32 Å². The van der Waals surface area contributed by atoms with E-state index in [1.165, 1.54) is 16.8 Å². The number of rotatable bonds is 1. The van der Waals surface area contributed by atoms with Crippen LogP contribution >= 0.6 is 27.5 Å². The molecule has 0 saturated carbocycles. The first kappa shape index (κ1) is 11.1. The highest BCUT2D eigenvalue weighted by Gasteiger charge is 2.21. The summed E-state index contributed by atoms with van der Waals surface area (Å²) in [5.41, 5.74) is 3.81. The largest absolute Gasteiger partial charge is 0.378 e. The fraction of sp³-hybridized carbons (Fsp3) is 0.143. The molecule has 1 heterocycles. The fourth-order valence-corrected chi connectivity index (χ4v) is 2.86. The van der Waals surface area contributed by atoms with E-state index in [0.717, 1.165) is 15.9 Å². The van der Waals surface area contributed by atoms with Crippen molar-refractivity contribution in [1.82, 2.24) is 0 Å². The molecule has 1 N–H and O–H groups in total. The minimum Gasteiger partial charge on any atom is -0.378 e. The van der Waals surface area contributed by atoms with Crippen LogP contribution in [-0.2, 0) is 6.42 Å². The van der Waals surface area contributed by atoms with E-state index in [9.17, 15) is 0 Å². The zero-order chi connectivity index (χ0) is 11.8. The number of nitrogens with one attached hydrogen (secondary N) is 1. The molecule has 0 spiro atoms. The molecule has 0 amide bonds. The van der Waals surface area contributed by atoms with Crippen molar-refractivity contribution in [2.24, 2.45) is 0 Å². The van der Waals surface area contributed by atoms with Crippen LogP contribution in [0.25, 0.3) is 0 Å². The Morgan fingerprint density at radius 3 is 2.88 bits per heavy atom. The molecule has 1 aliphatic rings. The lowest BCUT2D eigenvalue weighted by Crippen LogP contribution is -2.05. The van der Waals surface area contributed by atoms with Crippen molar-refractivity contribution in [2.75, 3.05) is 5.32 Å². The zero-order valence-electron chi connectivity index (χ0n) is 9.08. The van der Waals surface area contributed by atoms with Crippen LogP contribution in [0.2, 0.25) is 5.02 Å². The lowest BCUT2D eigenvalue weighted by molar-refractivity contribution is 0.824. The molecular weight excluding hydrogens is 298 g/mol. The molecule has 17 heavy (non-hydrogen) atoms. The number of anilines is 1. The van der Waals surface area contributed by atoms with Crippen LogP contribution in [0.3, 0.4) is 0 Å². The number of benzene rings is 2. The van der Waals surface area contributed by atoms with Gasteiger partial charge in [-0.2, -0.15) is 0 Å². The highest BCUT2D eigenvalue weighted by atomic mass is 79.9. The maximum atomic E-state index is 6.02. The van der Waals surface area contributed by atoms with E-state index in [2.05, 4.69) is 45.5 Å². The number of hydrogen-bond donors (Lipinski definition) is 1. The minimum absolute atomic E-state index is 0.331. The Kier molecular flexibility index (Phi) is 2.85. The molecule has 3 rings (SSSR count). The van der Waals surface area contributed by atoms with Gasteiger partial charge in [0, 0.05) is 15.2 Å². The van der Waals surface area contributed by atoms with Crippen LogP contribution < -0.4 is 5.32 Å². The maximum absolute atomic E-state index is 6.02. The summed E-state index contributed by atoms with van der Waals surface area (Å²) in [6.45, 7) is 0. The first-order valence-corrected chi connectivity index (χ1v) is 6.70. The monoisotopic (exact) mass is 307 g/mol. The van der Waals surface area contributed by atoms with Crippen molar-refractivity contribution in [2.45, 2.75) is 12.5 Å². The molecule has 2 aromatic carbocycles. The minimum atomic E-state index is 0.331. The van der Waals surface area contributed by atoms with Gasteiger partial charge in [-0.05, 0) is 47.9 Å². The second-order valence-corrected chi connectivity index (χ2v) is 5.61. The van der Waals surface area contributed by atoms with Crippen molar-refractivity contribution in [3.63, 3.8) is 0 Å². The Balaban J connectivity index is 1.91. The molecule has 0 aliphatic carbocycles. The fourth-order valence-electron chi connectivity index (χ4n) is 2.26. The smallest absolute Gasteiger partial charge is 0.0555 e. The van der Waals surface area contributed by atoms with Gasteiger partial charge in [-0.3, -0.25) is 0 Å². The van der Waals surface area contributed by atoms with Gasteiger partial charge in [0.1, 0.15) is 0 Å². The molecule has 0 saturated heterocycles. The van der Waals surface area contributed by atoms with Crippen molar-refractivity contribution in [1.29, 1.82) is 0 Å². The van der Waals surface area contributed by atoms with Crippen LogP contribution in [0, 0.1) is 0 Å². The van der Waals surface area contributed by atoms with Gasteiger partial charge in [-0.1, -0.05) is 39.7 Å². The van der Waals surface area contributed by atoms with Gasteiger partial charge in [0.15, 0.2) is 0 Å². The first-order chi connectivity index (χ1) is 8.22. The van der Waals surface area contributed by atoms with Crippen molar-refractivity contribution < 1.29 is 0 Å². The predicted molar refractivity (Wildman–Crippen MR) is 75.7 cm³/mol. The summed E-state index contributed by atoms with van der Waals surface area (Å²) >= 11 is 9.53. The lowest BCUT2D eigenvalue weighted by atomic mass is 10.0. The van der Waals surface area contributed by atoms with E-state index in [-0.39, 0.29) is 0 Å². The van der Waals surface area contributed by atoms with E-state index < -0.39 is 0 Å². The Morgan fingerprint density at radius 2 is 2.06 bits per heavy atom. The topological polar surface area (TPSA) is 12.0 Å². The third-order valence-corrected chi connectivity index (χ3v) is 3.80. The van der Waals surface area contributed by atoms with Crippen LogP contribution in [0.1, 0.15) is 17.2 Å². The molecule has 86 valence electrons. The highest BCUT2D eigenvalue weighted by Crippen LogP contribution is 2.36. The molecule has 0 aromatic heterocycles. The van der Waals surface area contributed by atoms with Crippen LogP contribution in [0.4, 0.5) is 5.69 Å². The molecule has 0 radical (unpaired) electrons. The summed E-state index contributed by atoms with van der Waals surface area (Å²) < 4.78 is 1.13. The lowest BCUT2D eigenvalue weighted by Gasteiger charge is -2.11. The molecule has 1 atom stereocenters. The molecular formula is C14H11BrClN. The van der Waals surface area contributed by atoms with Crippen LogP contribution in [0.15, 0.2) is 46.9 Å². The predicted octanol–water partition coefficient (Wildman–Crippen LogP) is 4.81. The quantitative estimate of drug-likeness (QED) is 0.797. The standard InChI is InChI=1S/C14H11BrClN/c15-11-4-5-13-10(6-11)8-14(17-13)9-2-1-3-12(16)7-9/h1-7,14,17H,8H2. The Morgan fingerprint density at radius 1 is 1.18 bits per heavy atom. The molecule has 2 aromatic rings. The van der Waals surface area contributed by atoms with E-state index in [1.54, 1.807) is 0 Å². The van der Waals surface area contributed by atoms with Gasteiger partial charge in [-0.15, -0.1) is 0 Å². The summed E-state index contributed by atoms with van der Waals surface area (Å²) in [6, 6.07) is 14.7. The summed E-state index contributed by atoms with van der Waals surface area (Å²) in [5.74, 6) is 0. The van der Waals surface area contributed by atoms with E-state index in [1.807, 2.05) is 18.2 Å². The second-order valence-electron chi connectivity index (χ2n) is 4.26. The van der Waals surface area contributed by atoms with Crippen LogP contribution in [-0.4, -0.2) is 0 Å². The third-order valence-electron chi connectivity index (χ3n) is 3.07. The molecule has 0 bridgehead atoms.